The zero-order valence-electron chi connectivity index (χ0n) is 29.4. The second kappa shape index (κ2) is 14.3. The molecular weight excluding hydrogens is 604 g/mol. The second-order valence-corrected chi connectivity index (χ2v) is 14.9. The van der Waals surface area contributed by atoms with E-state index in [1.54, 1.807) is 6.07 Å². The Kier molecular flexibility index (Phi) is 9.91. The molecule has 1 aromatic heterocycles. The monoisotopic (exact) mass is 652 g/mol. The smallest absolute Gasteiger partial charge is 0.287 e. The zero-order chi connectivity index (χ0) is 34.6. The first-order valence-electron chi connectivity index (χ1n) is 17.4. The minimum absolute atomic E-state index is 0.0134. The minimum atomic E-state index is -0.292. The highest BCUT2D eigenvalue weighted by molar-refractivity contribution is 5.91. The van der Waals surface area contributed by atoms with Gasteiger partial charge in [0, 0.05) is 19.5 Å². The van der Waals surface area contributed by atoms with E-state index < -0.39 is 0 Å². The van der Waals surface area contributed by atoms with Crippen molar-refractivity contribution in [1.82, 2.24) is 10.6 Å². The van der Waals surface area contributed by atoms with Crippen LogP contribution in [0, 0.1) is 6.92 Å². The number of furan rings is 1. The number of hydrogen-bond acceptors (Lipinski definition) is 3. The zero-order valence-corrected chi connectivity index (χ0v) is 29.4. The molecule has 4 aromatic carbocycles. The second-order valence-electron chi connectivity index (χ2n) is 14.9. The summed E-state index contributed by atoms with van der Waals surface area (Å²) in [5.41, 5.74) is 9.73. The van der Waals surface area contributed by atoms with Crippen molar-refractivity contribution in [2.75, 3.05) is 0 Å². The lowest BCUT2D eigenvalue weighted by molar-refractivity contribution is -0.122. The average Bonchev–Trinajstić information content (AvgIpc) is 3.57. The summed E-state index contributed by atoms with van der Waals surface area (Å²) >= 11 is 0. The SMILES string of the molecule is Cc1cc2c(cc1Cc1ccc(C(=O)NCc3cccc(CNC(=O)C(Cc4ccccc4)c4ccccc4)c3)o1)C(C)(C)CCC2(C)C. The molecule has 2 N–H and O–H groups in total. The van der Waals surface area contributed by atoms with Gasteiger partial charge in [-0.1, -0.05) is 125 Å². The molecule has 5 nitrogen and oxygen atoms in total. The van der Waals surface area contributed by atoms with Crippen LogP contribution in [0.5, 0.6) is 0 Å². The van der Waals surface area contributed by atoms with Crippen molar-refractivity contribution in [3.8, 4) is 0 Å². The van der Waals surface area contributed by atoms with Crippen LogP contribution in [-0.2, 0) is 41.6 Å². The molecule has 1 aliphatic rings. The molecule has 2 amide bonds. The van der Waals surface area contributed by atoms with Crippen LogP contribution in [0.3, 0.4) is 0 Å². The highest BCUT2D eigenvalue weighted by atomic mass is 16.3. The molecule has 5 heteroatoms. The van der Waals surface area contributed by atoms with Gasteiger partial charge < -0.3 is 15.1 Å². The Morgan fingerprint density at radius 1 is 0.694 bits per heavy atom. The third-order valence-electron chi connectivity index (χ3n) is 10.3. The number of carbonyl (C=O) groups excluding carboxylic acids is 2. The Morgan fingerprint density at radius 3 is 1.96 bits per heavy atom. The summed E-state index contributed by atoms with van der Waals surface area (Å²) in [7, 11) is 0. The summed E-state index contributed by atoms with van der Waals surface area (Å²) in [5, 5.41) is 6.15. The molecule has 0 saturated heterocycles. The number of aryl methyl sites for hydroxylation is 1. The number of nitrogens with one attached hydrogen (secondary N) is 2. The lowest BCUT2D eigenvalue weighted by Crippen LogP contribution is -2.34. The van der Waals surface area contributed by atoms with Crippen LogP contribution < -0.4 is 10.6 Å². The average molecular weight is 653 g/mol. The van der Waals surface area contributed by atoms with Crippen molar-refractivity contribution in [3.63, 3.8) is 0 Å². The van der Waals surface area contributed by atoms with E-state index >= 15 is 0 Å². The number of fused-ring (bicyclic) bond motifs is 1. The molecule has 5 aromatic rings. The summed E-state index contributed by atoms with van der Waals surface area (Å²) in [6, 6.07) is 36.4. The van der Waals surface area contributed by atoms with Crippen molar-refractivity contribution in [2.45, 2.75) is 90.1 Å². The number of benzene rings is 4. The lowest BCUT2D eigenvalue weighted by atomic mass is 9.62. The molecule has 1 heterocycles. The maximum atomic E-state index is 13.5. The fourth-order valence-electron chi connectivity index (χ4n) is 7.07. The van der Waals surface area contributed by atoms with Crippen molar-refractivity contribution < 1.29 is 14.0 Å². The van der Waals surface area contributed by atoms with Crippen LogP contribution in [-0.4, -0.2) is 11.8 Å². The Morgan fingerprint density at radius 2 is 1.29 bits per heavy atom. The van der Waals surface area contributed by atoms with Crippen LogP contribution in [0.15, 0.2) is 114 Å². The standard InChI is InChI=1S/C44H48N2O3/c1-30-23-38-39(44(4,5)22-21-43(38,2)3)27-35(30)26-36-19-20-40(49-36)42(48)46-29-33-16-12-15-32(24-33)28-45-41(47)37(34-17-10-7-11-18-34)25-31-13-8-6-9-14-31/h6-20,23-24,27,37H,21-22,25-26,28-29H2,1-5H3,(H,45,47)(H,46,48). The molecule has 6 rings (SSSR count). The van der Waals surface area contributed by atoms with E-state index in [0.29, 0.717) is 31.7 Å². The van der Waals surface area contributed by atoms with Gasteiger partial charge in [-0.25, -0.2) is 0 Å². The summed E-state index contributed by atoms with van der Waals surface area (Å²) < 4.78 is 6.06. The van der Waals surface area contributed by atoms with Gasteiger partial charge in [0.1, 0.15) is 5.76 Å². The lowest BCUT2D eigenvalue weighted by Gasteiger charge is -2.42. The van der Waals surface area contributed by atoms with Gasteiger partial charge in [0.15, 0.2) is 5.76 Å². The van der Waals surface area contributed by atoms with Crippen molar-refractivity contribution in [2.24, 2.45) is 0 Å². The number of rotatable bonds is 11. The first-order valence-corrected chi connectivity index (χ1v) is 17.4. The molecule has 252 valence electrons. The molecule has 49 heavy (non-hydrogen) atoms. The third kappa shape index (κ3) is 8.05. The van der Waals surface area contributed by atoms with Gasteiger partial charge in [-0.3, -0.25) is 9.59 Å². The van der Waals surface area contributed by atoms with Crippen molar-refractivity contribution in [3.05, 3.63) is 165 Å². The van der Waals surface area contributed by atoms with Crippen LogP contribution in [0.25, 0.3) is 0 Å². The van der Waals surface area contributed by atoms with Crippen LogP contribution >= 0.6 is 0 Å². The summed E-state index contributed by atoms with van der Waals surface area (Å²) in [5.74, 6) is 0.530. The van der Waals surface area contributed by atoms with Gasteiger partial charge in [-0.05, 0) is 93.7 Å². The third-order valence-corrected chi connectivity index (χ3v) is 10.3. The molecule has 0 radical (unpaired) electrons. The predicted octanol–water partition coefficient (Wildman–Crippen LogP) is 9.10. The van der Waals surface area contributed by atoms with Gasteiger partial charge >= 0.3 is 0 Å². The fourth-order valence-corrected chi connectivity index (χ4v) is 7.07. The Balaban J connectivity index is 1.06. The molecule has 1 aliphatic carbocycles. The van der Waals surface area contributed by atoms with Crippen LogP contribution in [0.2, 0.25) is 0 Å². The summed E-state index contributed by atoms with van der Waals surface area (Å²) in [6.07, 6.45) is 3.63. The number of carbonyl (C=O) groups is 2. The maximum Gasteiger partial charge on any atom is 0.287 e. The molecule has 0 bridgehead atoms. The fraction of sp³-hybridized carbons (Fsp3) is 0.318. The van der Waals surface area contributed by atoms with Crippen LogP contribution in [0.1, 0.15) is 107 Å². The topological polar surface area (TPSA) is 71.3 Å². The molecular formula is C44H48N2O3. The largest absolute Gasteiger partial charge is 0.456 e. The van der Waals surface area contributed by atoms with Crippen LogP contribution in [0.4, 0.5) is 0 Å². The normalized spacial score (nSPS) is 15.2. The first-order chi connectivity index (χ1) is 23.5. The van der Waals surface area contributed by atoms with E-state index in [1.807, 2.05) is 78.9 Å². The van der Waals surface area contributed by atoms with E-state index in [1.165, 1.54) is 35.1 Å². The molecule has 1 unspecified atom stereocenters. The Bertz CT molecular complexity index is 1920. The van der Waals surface area contributed by atoms with E-state index in [-0.39, 0.29) is 28.6 Å². The van der Waals surface area contributed by atoms with E-state index in [2.05, 4.69) is 69.5 Å². The van der Waals surface area contributed by atoms with Gasteiger partial charge in [0.2, 0.25) is 5.91 Å². The molecule has 0 fully saturated rings. The minimum Gasteiger partial charge on any atom is -0.456 e. The highest BCUT2D eigenvalue weighted by Gasteiger charge is 2.37. The van der Waals surface area contributed by atoms with Gasteiger partial charge in [-0.2, -0.15) is 0 Å². The summed E-state index contributed by atoms with van der Waals surface area (Å²) in [6.45, 7) is 12.3. The quantitative estimate of drug-likeness (QED) is 0.150. The first kappa shape index (κ1) is 34.0. The Hall–Kier alpha value is -4.90. The predicted molar refractivity (Wildman–Crippen MR) is 197 cm³/mol. The number of hydrogen-bond donors (Lipinski definition) is 2. The Labute approximate surface area is 291 Å². The highest BCUT2D eigenvalue weighted by Crippen LogP contribution is 2.46. The number of amides is 2. The summed E-state index contributed by atoms with van der Waals surface area (Å²) in [4.78, 5) is 26.5. The van der Waals surface area contributed by atoms with Gasteiger partial charge in [-0.15, -0.1) is 0 Å². The van der Waals surface area contributed by atoms with Gasteiger partial charge in [0.05, 0.1) is 5.92 Å². The van der Waals surface area contributed by atoms with Crippen molar-refractivity contribution >= 4 is 11.8 Å². The molecule has 0 saturated carbocycles. The van der Waals surface area contributed by atoms with E-state index in [4.69, 9.17) is 4.42 Å². The van der Waals surface area contributed by atoms with E-state index in [0.717, 1.165) is 28.0 Å². The molecule has 0 aliphatic heterocycles. The van der Waals surface area contributed by atoms with Crippen molar-refractivity contribution in [1.29, 1.82) is 0 Å². The van der Waals surface area contributed by atoms with Gasteiger partial charge in [0.25, 0.3) is 5.91 Å². The molecule has 1 atom stereocenters. The van der Waals surface area contributed by atoms with E-state index in [9.17, 15) is 9.59 Å². The maximum absolute atomic E-state index is 13.5. The molecule has 0 spiro atoms.